The van der Waals surface area contributed by atoms with Crippen LogP contribution in [0.1, 0.15) is 26.3 Å². The number of anilines is 2. The molecule has 0 bridgehead atoms. The van der Waals surface area contributed by atoms with Gasteiger partial charge in [-0.2, -0.15) is 0 Å². The Balaban J connectivity index is 1.66. The Labute approximate surface area is 209 Å². The van der Waals surface area contributed by atoms with Gasteiger partial charge in [0, 0.05) is 47.0 Å². The van der Waals surface area contributed by atoms with Gasteiger partial charge in [-0.05, 0) is 61.4 Å². The topological polar surface area (TPSA) is 89.8 Å². The van der Waals surface area contributed by atoms with Crippen molar-refractivity contribution in [3.8, 4) is 22.6 Å². The Kier molecular flexibility index (Phi) is 7.39. The first-order valence-electron chi connectivity index (χ1n) is 11.6. The van der Waals surface area contributed by atoms with E-state index in [2.05, 4.69) is 10.6 Å². The maximum absolute atomic E-state index is 12.8. The van der Waals surface area contributed by atoms with Crippen LogP contribution in [-0.2, 0) is 9.59 Å². The molecule has 7 nitrogen and oxygen atoms in total. The number of hydrogen-bond donors (Lipinski definition) is 2. The Morgan fingerprint density at radius 1 is 0.972 bits per heavy atom. The molecule has 184 valence electrons. The van der Waals surface area contributed by atoms with Crippen molar-refractivity contribution in [3.05, 3.63) is 78.6 Å². The number of carbonyl (C=O) groups is 2. The summed E-state index contributed by atoms with van der Waals surface area (Å²) < 4.78 is 17.0. The summed E-state index contributed by atoms with van der Waals surface area (Å²) in [5.74, 6) is 0.937. The van der Waals surface area contributed by atoms with Crippen LogP contribution in [0.3, 0.4) is 0 Å². The highest BCUT2D eigenvalue weighted by Gasteiger charge is 2.15. The molecule has 0 aliphatic heterocycles. The molecule has 4 aromatic rings. The predicted octanol–water partition coefficient (Wildman–Crippen LogP) is 6.51. The predicted molar refractivity (Wildman–Crippen MR) is 142 cm³/mol. The Hall–Kier alpha value is -4.52. The smallest absolute Gasteiger partial charge is 0.248 e. The molecule has 2 amide bonds. The molecule has 1 aromatic heterocycles. The lowest BCUT2D eigenvalue weighted by Gasteiger charge is -2.12. The number of amides is 2. The van der Waals surface area contributed by atoms with Crippen LogP contribution >= 0.6 is 0 Å². The van der Waals surface area contributed by atoms with E-state index in [9.17, 15) is 9.59 Å². The zero-order valence-corrected chi connectivity index (χ0v) is 20.7. The third-order valence-electron chi connectivity index (χ3n) is 5.60. The fourth-order valence-electron chi connectivity index (χ4n) is 3.96. The largest absolute Gasteiger partial charge is 0.497 e. The average molecular weight is 485 g/mol. The second-order valence-corrected chi connectivity index (χ2v) is 8.23. The Morgan fingerprint density at radius 3 is 2.36 bits per heavy atom. The van der Waals surface area contributed by atoms with E-state index in [4.69, 9.17) is 13.9 Å². The molecule has 7 heteroatoms. The fraction of sp³-hybridized carbons (Fsp3) is 0.172. The van der Waals surface area contributed by atoms with Gasteiger partial charge in [0.25, 0.3) is 0 Å². The molecule has 1 heterocycles. The third-order valence-corrected chi connectivity index (χ3v) is 5.60. The summed E-state index contributed by atoms with van der Waals surface area (Å²) >= 11 is 0. The summed E-state index contributed by atoms with van der Waals surface area (Å²) in [5, 5.41) is 6.47. The lowest BCUT2D eigenvalue weighted by atomic mass is 9.99. The third kappa shape index (κ3) is 5.58. The zero-order valence-electron chi connectivity index (χ0n) is 20.7. The van der Waals surface area contributed by atoms with Crippen molar-refractivity contribution in [3.63, 3.8) is 0 Å². The van der Waals surface area contributed by atoms with E-state index in [1.54, 1.807) is 37.6 Å². The van der Waals surface area contributed by atoms with Crippen LogP contribution < -0.4 is 20.1 Å². The number of allylic oxidation sites excluding steroid dienone is 1. The minimum Gasteiger partial charge on any atom is -0.497 e. The molecule has 0 radical (unpaired) electrons. The van der Waals surface area contributed by atoms with Gasteiger partial charge >= 0.3 is 0 Å². The number of methoxy groups -OCH3 is 1. The second kappa shape index (κ2) is 10.8. The molecule has 0 aliphatic rings. The van der Waals surface area contributed by atoms with E-state index in [0.717, 1.165) is 33.4 Å². The quantitative estimate of drug-likeness (QED) is 0.278. The highest BCUT2D eigenvalue weighted by molar-refractivity contribution is 6.05. The van der Waals surface area contributed by atoms with Gasteiger partial charge in [-0.3, -0.25) is 9.59 Å². The van der Waals surface area contributed by atoms with Crippen molar-refractivity contribution >= 4 is 39.7 Å². The van der Waals surface area contributed by atoms with Gasteiger partial charge in [-0.25, -0.2) is 0 Å². The van der Waals surface area contributed by atoms with Crippen LogP contribution in [0, 0.1) is 0 Å². The monoisotopic (exact) mass is 484 g/mol. The molecule has 0 unspecified atom stereocenters. The van der Waals surface area contributed by atoms with E-state index in [0.29, 0.717) is 29.3 Å². The van der Waals surface area contributed by atoms with Crippen molar-refractivity contribution in [2.24, 2.45) is 0 Å². The van der Waals surface area contributed by atoms with Crippen molar-refractivity contribution in [2.75, 3.05) is 24.4 Å². The molecule has 36 heavy (non-hydrogen) atoms. The summed E-state index contributed by atoms with van der Waals surface area (Å²) in [6, 6.07) is 18.6. The van der Waals surface area contributed by atoms with Crippen molar-refractivity contribution in [1.29, 1.82) is 0 Å². The lowest BCUT2D eigenvalue weighted by molar-refractivity contribution is -0.114. The summed E-state index contributed by atoms with van der Waals surface area (Å²) in [6.45, 7) is 5.68. The Morgan fingerprint density at radius 2 is 1.69 bits per heavy atom. The number of rotatable bonds is 8. The minimum atomic E-state index is -0.294. The van der Waals surface area contributed by atoms with Crippen LogP contribution in [0.5, 0.6) is 11.5 Å². The molecular weight excluding hydrogens is 456 g/mol. The first-order chi connectivity index (χ1) is 17.4. The zero-order chi connectivity index (χ0) is 25.7. The van der Waals surface area contributed by atoms with Crippen molar-refractivity contribution in [1.82, 2.24) is 0 Å². The van der Waals surface area contributed by atoms with Gasteiger partial charge in [0.1, 0.15) is 17.1 Å². The molecule has 2 N–H and O–H groups in total. The average Bonchev–Trinajstić information content (AvgIpc) is 3.26. The Bertz CT molecular complexity index is 1430. The molecule has 0 saturated carbocycles. The van der Waals surface area contributed by atoms with Gasteiger partial charge in [0.05, 0.1) is 20.0 Å². The second-order valence-electron chi connectivity index (χ2n) is 8.23. The number of benzene rings is 3. The standard InChI is InChI=1S/C29H28N2O5/c1-5-35-27-16-28-25(26(17-36-28)20-9-11-23(34-4)12-10-20)15-24(27)18(2)13-29(33)31-22-8-6-7-21(14-22)30-19(3)32/h6-17H,5H2,1-4H3,(H,30,32)(H,31,33)/b18-13+. The molecule has 0 saturated heterocycles. The lowest BCUT2D eigenvalue weighted by Crippen LogP contribution is -2.10. The number of fused-ring (bicyclic) bond motifs is 1. The summed E-state index contributed by atoms with van der Waals surface area (Å²) in [5.41, 5.74) is 5.33. The highest BCUT2D eigenvalue weighted by Crippen LogP contribution is 2.38. The van der Waals surface area contributed by atoms with Gasteiger partial charge < -0.3 is 24.5 Å². The van der Waals surface area contributed by atoms with Gasteiger partial charge in [-0.1, -0.05) is 18.2 Å². The molecule has 4 rings (SSSR count). The summed E-state index contributed by atoms with van der Waals surface area (Å²) in [7, 11) is 1.63. The van der Waals surface area contributed by atoms with Crippen LogP contribution in [0.4, 0.5) is 11.4 Å². The molecule has 0 fully saturated rings. The maximum Gasteiger partial charge on any atom is 0.248 e. The van der Waals surface area contributed by atoms with Crippen molar-refractivity contribution < 1.29 is 23.5 Å². The van der Waals surface area contributed by atoms with Gasteiger partial charge in [0.2, 0.25) is 11.8 Å². The number of furan rings is 1. The number of ether oxygens (including phenoxy) is 2. The van der Waals surface area contributed by atoms with Gasteiger partial charge in [-0.15, -0.1) is 0 Å². The molecule has 3 aromatic carbocycles. The van der Waals surface area contributed by atoms with Crippen LogP contribution in [0.25, 0.3) is 27.7 Å². The van der Waals surface area contributed by atoms with E-state index in [1.165, 1.54) is 13.0 Å². The molecule has 0 atom stereocenters. The summed E-state index contributed by atoms with van der Waals surface area (Å²) in [6.07, 6.45) is 3.25. The van der Waals surface area contributed by atoms with Gasteiger partial charge in [0.15, 0.2) is 0 Å². The van der Waals surface area contributed by atoms with E-state index in [-0.39, 0.29) is 11.8 Å². The molecule has 0 spiro atoms. The molecular formula is C29H28N2O5. The fourth-order valence-corrected chi connectivity index (χ4v) is 3.96. The first-order valence-corrected chi connectivity index (χ1v) is 11.6. The highest BCUT2D eigenvalue weighted by atomic mass is 16.5. The van der Waals surface area contributed by atoms with E-state index < -0.39 is 0 Å². The number of nitrogens with one attached hydrogen (secondary N) is 2. The SMILES string of the molecule is CCOc1cc2occ(-c3ccc(OC)cc3)c2cc1/C(C)=C/C(=O)Nc1cccc(NC(C)=O)c1. The number of carbonyl (C=O) groups excluding carboxylic acids is 2. The van der Waals surface area contributed by atoms with Crippen LogP contribution in [0.2, 0.25) is 0 Å². The first kappa shape index (κ1) is 24.6. The van der Waals surface area contributed by atoms with Crippen LogP contribution in [0.15, 0.2) is 77.4 Å². The summed E-state index contributed by atoms with van der Waals surface area (Å²) in [4.78, 5) is 24.1. The minimum absolute atomic E-state index is 0.179. The normalized spacial score (nSPS) is 11.3. The van der Waals surface area contributed by atoms with Crippen LogP contribution in [-0.4, -0.2) is 25.5 Å². The molecule has 0 aliphatic carbocycles. The maximum atomic E-state index is 12.8. The van der Waals surface area contributed by atoms with Crippen molar-refractivity contribution in [2.45, 2.75) is 20.8 Å². The number of hydrogen-bond acceptors (Lipinski definition) is 5. The van der Waals surface area contributed by atoms with E-state index >= 15 is 0 Å². The van der Waals surface area contributed by atoms with E-state index in [1.807, 2.05) is 50.2 Å².